The van der Waals surface area contributed by atoms with Crippen molar-refractivity contribution < 1.29 is 47.6 Å². The standard InChI is InChI=1S/C19H40O4S.Na/c1-3-5-7-9-11-13-15-17-19(20,24(21,22)23)18-16-14-12-10-8-6-4-2;/h20H,3-18H2,1-2H3,(H,21,22,23);/q;+1/p-1. The van der Waals surface area contributed by atoms with Crippen LogP contribution in [0.1, 0.15) is 117 Å². The Balaban J connectivity index is 0. The summed E-state index contributed by atoms with van der Waals surface area (Å²) in [6, 6.07) is 0. The fraction of sp³-hybridized carbons (Fsp3) is 1.00. The summed E-state index contributed by atoms with van der Waals surface area (Å²) in [5.41, 5.74) is 0. The van der Waals surface area contributed by atoms with E-state index in [4.69, 9.17) is 0 Å². The molecular weight excluding hydrogens is 347 g/mol. The van der Waals surface area contributed by atoms with Gasteiger partial charge in [0.1, 0.15) is 10.1 Å². The van der Waals surface area contributed by atoms with Gasteiger partial charge in [-0.1, -0.05) is 90.9 Å². The van der Waals surface area contributed by atoms with Crippen LogP contribution >= 0.6 is 0 Å². The Morgan fingerprint density at radius 2 is 0.960 bits per heavy atom. The van der Waals surface area contributed by atoms with Crippen LogP contribution in [0.25, 0.3) is 0 Å². The maximum Gasteiger partial charge on any atom is 1.00 e. The maximum atomic E-state index is 11.5. The fourth-order valence-corrected chi connectivity index (χ4v) is 3.88. The van der Waals surface area contributed by atoms with Crippen LogP contribution in [-0.4, -0.2) is 23.0 Å². The zero-order chi connectivity index (χ0) is 18.3. The van der Waals surface area contributed by atoms with Crippen LogP contribution < -0.4 is 29.6 Å². The third kappa shape index (κ3) is 14.6. The van der Waals surface area contributed by atoms with Crippen LogP contribution in [0.2, 0.25) is 0 Å². The molecule has 1 N–H and O–H groups in total. The average molecular weight is 387 g/mol. The fourth-order valence-electron chi connectivity index (χ4n) is 3.09. The van der Waals surface area contributed by atoms with Crippen molar-refractivity contribution in [2.75, 3.05) is 0 Å². The smallest absolute Gasteiger partial charge is 0.746 e. The quantitative estimate of drug-likeness (QED) is 0.237. The topological polar surface area (TPSA) is 77.4 Å². The summed E-state index contributed by atoms with van der Waals surface area (Å²) in [5.74, 6) is 0. The van der Waals surface area contributed by atoms with Gasteiger partial charge in [0, 0.05) is 0 Å². The Kier molecular flexibility index (Phi) is 19.1. The van der Waals surface area contributed by atoms with Crippen molar-refractivity contribution in [2.45, 2.75) is 122 Å². The van der Waals surface area contributed by atoms with E-state index in [0.717, 1.165) is 38.5 Å². The summed E-state index contributed by atoms with van der Waals surface area (Å²) in [7, 11) is -4.66. The van der Waals surface area contributed by atoms with Crippen molar-refractivity contribution in [1.82, 2.24) is 0 Å². The van der Waals surface area contributed by atoms with Gasteiger partial charge in [-0.2, -0.15) is 0 Å². The molecule has 25 heavy (non-hydrogen) atoms. The normalized spacial score (nSPS) is 12.2. The average Bonchev–Trinajstić information content (AvgIpc) is 2.52. The van der Waals surface area contributed by atoms with Crippen molar-refractivity contribution in [2.24, 2.45) is 0 Å². The second kappa shape index (κ2) is 17.0. The molecule has 0 aliphatic rings. The predicted octanol–water partition coefficient (Wildman–Crippen LogP) is 2.51. The van der Waals surface area contributed by atoms with E-state index in [-0.39, 0.29) is 42.4 Å². The van der Waals surface area contributed by atoms with Gasteiger partial charge in [0.05, 0.1) is 0 Å². The molecule has 0 heterocycles. The van der Waals surface area contributed by atoms with Crippen molar-refractivity contribution in [3.63, 3.8) is 0 Å². The largest absolute Gasteiger partial charge is 1.00 e. The molecule has 0 aliphatic carbocycles. The molecular formula is C19H39NaO4S. The minimum Gasteiger partial charge on any atom is -0.746 e. The van der Waals surface area contributed by atoms with Gasteiger partial charge in [0.15, 0.2) is 4.93 Å². The molecule has 0 radical (unpaired) electrons. The van der Waals surface area contributed by atoms with Crippen molar-refractivity contribution >= 4 is 10.1 Å². The first-order valence-electron chi connectivity index (χ1n) is 10.0. The van der Waals surface area contributed by atoms with E-state index in [9.17, 15) is 18.1 Å². The van der Waals surface area contributed by atoms with Crippen LogP contribution in [0.4, 0.5) is 0 Å². The number of rotatable bonds is 17. The number of hydrogen-bond acceptors (Lipinski definition) is 4. The Bertz CT molecular complexity index is 367. The molecule has 0 aromatic rings. The van der Waals surface area contributed by atoms with E-state index < -0.39 is 15.1 Å². The molecule has 146 valence electrons. The Morgan fingerprint density at radius 1 is 0.680 bits per heavy atom. The first-order valence-corrected chi connectivity index (χ1v) is 11.5. The van der Waals surface area contributed by atoms with E-state index in [1.807, 2.05) is 0 Å². The van der Waals surface area contributed by atoms with E-state index >= 15 is 0 Å². The number of unbranched alkanes of at least 4 members (excludes halogenated alkanes) is 12. The zero-order valence-electron chi connectivity index (χ0n) is 16.9. The van der Waals surface area contributed by atoms with Crippen LogP contribution in [-0.2, 0) is 10.1 Å². The van der Waals surface area contributed by atoms with Crippen LogP contribution in [0.15, 0.2) is 0 Å². The Labute approximate surface area is 178 Å². The molecule has 0 amide bonds. The molecule has 0 unspecified atom stereocenters. The molecule has 0 aromatic carbocycles. The van der Waals surface area contributed by atoms with Gasteiger partial charge in [-0.05, 0) is 25.7 Å². The van der Waals surface area contributed by atoms with Gasteiger partial charge in [0.25, 0.3) is 0 Å². The molecule has 0 bridgehead atoms. The minimum absolute atomic E-state index is 0. The summed E-state index contributed by atoms with van der Waals surface area (Å²) in [4.78, 5) is -2.06. The molecule has 0 fully saturated rings. The third-order valence-corrected chi connectivity index (χ3v) is 6.15. The summed E-state index contributed by atoms with van der Waals surface area (Å²) < 4.78 is 34.4. The summed E-state index contributed by atoms with van der Waals surface area (Å²) in [6.45, 7) is 4.34. The number of aliphatic hydroxyl groups is 1. The molecule has 0 saturated heterocycles. The van der Waals surface area contributed by atoms with E-state index in [1.165, 1.54) is 38.5 Å². The van der Waals surface area contributed by atoms with Crippen molar-refractivity contribution in [1.29, 1.82) is 0 Å². The van der Waals surface area contributed by atoms with Gasteiger partial charge in [0.2, 0.25) is 0 Å². The molecule has 4 nitrogen and oxygen atoms in total. The summed E-state index contributed by atoms with van der Waals surface area (Å²) in [5, 5.41) is 10.3. The van der Waals surface area contributed by atoms with Crippen molar-refractivity contribution in [3.05, 3.63) is 0 Å². The molecule has 6 heteroatoms. The first-order chi connectivity index (χ1) is 11.4. The predicted molar refractivity (Wildman–Crippen MR) is 99.9 cm³/mol. The van der Waals surface area contributed by atoms with Crippen LogP contribution in [0.5, 0.6) is 0 Å². The van der Waals surface area contributed by atoms with E-state index in [2.05, 4.69) is 13.8 Å². The second-order valence-corrected chi connectivity index (χ2v) is 8.81. The monoisotopic (exact) mass is 386 g/mol. The molecule has 0 saturated carbocycles. The second-order valence-electron chi connectivity index (χ2n) is 7.14. The zero-order valence-corrected chi connectivity index (χ0v) is 19.7. The first kappa shape index (κ1) is 28.1. The number of hydrogen-bond donors (Lipinski definition) is 1. The minimum atomic E-state index is -4.66. The van der Waals surface area contributed by atoms with Crippen LogP contribution in [0.3, 0.4) is 0 Å². The van der Waals surface area contributed by atoms with Gasteiger partial charge in [-0.25, -0.2) is 8.42 Å². The van der Waals surface area contributed by atoms with Crippen LogP contribution in [0, 0.1) is 0 Å². The summed E-state index contributed by atoms with van der Waals surface area (Å²) in [6.07, 6.45) is 14.8. The SMILES string of the molecule is CCCCCCCCCC(O)(CCCCCCCCC)S(=O)(=O)[O-].[Na+]. The van der Waals surface area contributed by atoms with E-state index in [0.29, 0.717) is 12.8 Å². The third-order valence-electron chi connectivity index (χ3n) is 4.81. The molecule has 0 aliphatic heterocycles. The maximum absolute atomic E-state index is 11.5. The van der Waals surface area contributed by atoms with Gasteiger partial charge in [-0.3, -0.25) is 0 Å². The van der Waals surface area contributed by atoms with Gasteiger partial charge >= 0.3 is 29.6 Å². The molecule has 0 spiro atoms. The summed E-state index contributed by atoms with van der Waals surface area (Å²) >= 11 is 0. The molecule has 0 rings (SSSR count). The van der Waals surface area contributed by atoms with Gasteiger partial charge in [-0.15, -0.1) is 0 Å². The van der Waals surface area contributed by atoms with E-state index in [1.54, 1.807) is 0 Å². The van der Waals surface area contributed by atoms with Gasteiger partial charge < -0.3 is 9.66 Å². The molecule has 0 atom stereocenters. The Morgan fingerprint density at radius 3 is 1.24 bits per heavy atom. The molecule has 0 aromatic heterocycles. The Hall–Kier alpha value is 0.870. The van der Waals surface area contributed by atoms with Crippen molar-refractivity contribution in [3.8, 4) is 0 Å².